The average molecular weight is 263 g/mol. The highest BCUT2D eigenvalue weighted by Crippen LogP contribution is 2.23. The molecule has 2 aromatic heterocycles. The molecule has 5 heteroatoms. The van der Waals surface area contributed by atoms with Crippen LogP contribution in [0, 0.1) is 6.92 Å². The maximum absolute atomic E-state index is 9.94. The summed E-state index contributed by atoms with van der Waals surface area (Å²) in [7, 11) is 0. The standard InChI is InChI=1S/C14H21N3O2/c1-4-14(3,18)9-15-7-11-8-16-17-13(11)12-6-5-10(2)19-12/h5-6,8,15,18H,4,7,9H2,1-3H3,(H,16,17). The van der Waals surface area contributed by atoms with E-state index in [2.05, 4.69) is 15.5 Å². The Labute approximate surface area is 113 Å². The van der Waals surface area contributed by atoms with Crippen LogP contribution in [0.3, 0.4) is 0 Å². The zero-order valence-electron chi connectivity index (χ0n) is 11.7. The maximum Gasteiger partial charge on any atom is 0.152 e. The summed E-state index contributed by atoms with van der Waals surface area (Å²) in [5.41, 5.74) is 1.24. The smallest absolute Gasteiger partial charge is 0.152 e. The molecule has 0 aliphatic heterocycles. The van der Waals surface area contributed by atoms with E-state index in [1.807, 2.05) is 32.9 Å². The van der Waals surface area contributed by atoms with Crippen LogP contribution in [-0.4, -0.2) is 27.4 Å². The predicted molar refractivity (Wildman–Crippen MR) is 73.6 cm³/mol. The molecule has 2 rings (SSSR count). The lowest BCUT2D eigenvalue weighted by atomic mass is 10.0. The molecule has 0 saturated carbocycles. The van der Waals surface area contributed by atoms with Crippen molar-refractivity contribution in [2.45, 2.75) is 39.3 Å². The molecule has 0 fully saturated rings. The van der Waals surface area contributed by atoms with Crippen LogP contribution in [0.15, 0.2) is 22.7 Å². The van der Waals surface area contributed by atoms with Crippen molar-refractivity contribution in [1.29, 1.82) is 0 Å². The average Bonchev–Trinajstić information content (AvgIpc) is 2.97. The van der Waals surface area contributed by atoms with Gasteiger partial charge in [-0.2, -0.15) is 5.10 Å². The minimum Gasteiger partial charge on any atom is -0.460 e. The van der Waals surface area contributed by atoms with E-state index < -0.39 is 5.60 Å². The van der Waals surface area contributed by atoms with Crippen LogP contribution in [-0.2, 0) is 6.54 Å². The van der Waals surface area contributed by atoms with Crippen molar-refractivity contribution in [3.8, 4) is 11.5 Å². The minimum absolute atomic E-state index is 0.547. The van der Waals surface area contributed by atoms with Crippen LogP contribution in [0.4, 0.5) is 0 Å². The molecule has 0 spiro atoms. The van der Waals surface area contributed by atoms with E-state index >= 15 is 0 Å². The topological polar surface area (TPSA) is 74.1 Å². The molecule has 5 nitrogen and oxygen atoms in total. The van der Waals surface area contributed by atoms with E-state index in [1.54, 1.807) is 6.20 Å². The van der Waals surface area contributed by atoms with E-state index in [9.17, 15) is 5.11 Å². The lowest BCUT2D eigenvalue weighted by Crippen LogP contribution is -2.36. The molecule has 1 atom stereocenters. The highest BCUT2D eigenvalue weighted by molar-refractivity contribution is 5.56. The Kier molecular flexibility index (Phi) is 4.07. The third kappa shape index (κ3) is 3.45. The third-order valence-electron chi connectivity index (χ3n) is 3.29. The summed E-state index contributed by atoms with van der Waals surface area (Å²) in [6.07, 6.45) is 2.50. The number of H-pyrrole nitrogens is 1. The fourth-order valence-corrected chi connectivity index (χ4v) is 1.82. The number of aryl methyl sites for hydroxylation is 1. The van der Waals surface area contributed by atoms with Gasteiger partial charge in [-0.3, -0.25) is 5.10 Å². The van der Waals surface area contributed by atoms with Crippen molar-refractivity contribution in [2.75, 3.05) is 6.54 Å². The summed E-state index contributed by atoms with van der Waals surface area (Å²) in [5, 5.41) is 20.2. The van der Waals surface area contributed by atoms with Gasteiger partial charge >= 0.3 is 0 Å². The van der Waals surface area contributed by atoms with Crippen LogP contribution < -0.4 is 5.32 Å². The van der Waals surface area contributed by atoms with Crippen LogP contribution >= 0.6 is 0 Å². The van der Waals surface area contributed by atoms with Crippen LogP contribution in [0.2, 0.25) is 0 Å². The summed E-state index contributed by atoms with van der Waals surface area (Å²) >= 11 is 0. The number of aromatic amines is 1. The number of nitrogens with one attached hydrogen (secondary N) is 2. The minimum atomic E-state index is -0.675. The van der Waals surface area contributed by atoms with E-state index in [0.29, 0.717) is 13.1 Å². The van der Waals surface area contributed by atoms with Gasteiger partial charge < -0.3 is 14.8 Å². The number of aromatic nitrogens is 2. The fraction of sp³-hybridized carbons (Fsp3) is 0.500. The second-order valence-electron chi connectivity index (χ2n) is 5.13. The van der Waals surface area contributed by atoms with Crippen molar-refractivity contribution in [1.82, 2.24) is 15.5 Å². The van der Waals surface area contributed by atoms with Crippen molar-refractivity contribution >= 4 is 0 Å². The van der Waals surface area contributed by atoms with Crippen molar-refractivity contribution in [3.63, 3.8) is 0 Å². The largest absolute Gasteiger partial charge is 0.460 e. The second-order valence-corrected chi connectivity index (χ2v) is 5.13. The first-order valence-electron chi connectivity index (χ1n) is 6.54. The molecular formula is C14H21N3O2. The Morgan fingerprint density at radius 1 is 1.47 bits per heavy atom. The molecule has 0 bridgehead atoms. The van der Waals surface area contributed by atoms with E-state index in [1.165, 1.54) is 0 Å². The van der Waals surface area contributed by atoms with Crippen LogP contribution in [0.1, 0.15) is 31.6 Å². The lowest BCUT2D eigenvalue weighted by molar-refractivity contribution is 0.0556. The van der Waals surface area contributed by atoms with Crippen molar-refractivity contribution < 1.29 is 9.52 Å². The number of hydrogen-bond donors (Lipinski definition) is 3. The summed E-state index contributed by atoms with van der Waals surface area (Å²) in [5.74, 6) is 1.66. The van der Waals surface area contributed by atoms with Crippen LogP contribution in [0.25, 0.3) is 11.5 Å². The quantitative estimate of drug-likeness (QED) is 0.747. The van der Waals surface area contributed by atoms with Gasteiger partial charge in [0.2, 0.25) is 0 Å². The summed E-state index contributed by atoms with van der Waals surface area (Å²) in [6.45, 7) is 6.89. The number of rotatable bonds is 6. The van der Waals surface area contributed by atoms with Gasteiger partial charge in [0, 0.05) is 18.7 Å². The number of hydrogen-bond acceptors (Lipinski definition) is 4. The summed E-state index contributed by atoms with van der Waals surface area (Å²) in [6, 6.07) is 3.85. The van der Waals surface area contributed by atoms with Gasteiger partial charge in [0.15, 0.2) is 5.76 Å². The Balaban J connectivity index is 2.01. The molecule has 3 N–H and O–H groups in total. The molecule has 2 heterocycles. The zero-order chi connectivity index (χ0) is 13.9. The van der Waals surface area contributed by atoms with Gasteiger partial charge in [0.1, 0.15) is 11.5 Å². The lowest BCUT2D eigenvalue weighted by Gasteiger charge is -2.21. The molecular weight excluding hydrogens is 242 g/mol. The number of furan rings is 1. The van der Waals surface area contributed by atoms with Gasteiger partial charge in [-0.25, -0.2) is 0 Å². The van der Waals surface area contributed by atoms with E-state index in [0.717, 1.165) is 29.2 Å². The number of aliphatic hydroxyl groups is 1. The van der Waals surface area contributed by atoms with Crippen molar-refractivity contribution in [3.05, 3.63) is 29.7 Å². The Hall–Kier alpha value is -1.59. The van der Waals surface area contributed by atoms with Crippen molar-refractivity contribution in [2.24, 2.45) is 0 Å². The van der Waals surface area contributed by atoms with Gasteiger partial charge in [-0.15, -0.1) is 0 Å². The normalized spacial score (nSPS) is 14.5. The molecule has 0 aliphatic rings. The maximum atomic E-state index is 9.94. The first-order valence-corrected chi connectivity index (χ1v) is 6.54. The van der Waals surface area contributed by atoms with E-state index in [-0.39, 0.29) is 0 Å². The Morgan fingerprint density at radius 2 is 2.26 bits per heavy atom. The highest BCUT2D eigenvalue weighted by atomic mass is 16.3. The van der Waals surface area contributed by atoms with Gasteiger partial charge in [0.05, 0.1) is 11.8 Å². The third-order valence-corrected chi connectivity index (χ3v) is 3.29. The Morgan fingerprint density at radius 3 is 2.89 bits per heavy atom. The van der Waals surface area contributed by atoms with Gasteiger partial charge in [0.25, 0.3) is 0 Å². The monoisotopic (exact) mass is 263 g/mol. The molecule has 0 aliphatic carbocycles. The Bertz CT molecular complexity index is 528. The first-order chi connectivity index (χ1) is 9.02. The number of nitrogens with zero attached hydrogens (tertiary/aromatic N) is 1. The first kappa shape index (κ1) is 13.8. The highest BCUT2D eigenvalue weighted by Gasteiger charge is 2.17. The van der Waals surface area contributed by atoms with Gasteiger partial charge in [-0.05, 0) is 32.4 Å². The zero-order valence-corrected chi connectivity index (χ0v) is 11.7. The summed E-state index contributed by atoms with van der Waals surface area (Å²) < 4.78 is 5.59. The SMILES string of the molecule is CCC(C)(O)CNCc1cn[nH]c1-c1ccc(C)o1. The summed E-state index contributed by atoms with van der Waals surface area (Å²) in [4.78, 5) is 0. The molecule has 2 aromatic rings. The fourth-order valence-electron chi connectivity index (χ4n) is 1.82. The molecule has 19 heavy (non-hydrogen) atoms. The predicted octanol–water partition coefficient (Wildman–Crippen LogP) is 2.23. The van der Waals surface area contributed by atoms with Gasteiger partial charge in [-0.1, -0.05) is 6.92 Å². The molecule has 104 valence electrons. The van der Waals surface area contributed by atoms with E-state index in [4.69, 9.17) is 4.42 Å². The second kappa shape index (κ2) is 5.59. The molecule has 1 unspecified atom stereocenters. The molecule has 0 saturated heterocycles. The van der Waals surface area contributed by atoms with Crippen LogP contribution in [0.5, 0.6) is 0 Å². The molecule has 0 radical (unpaired) electrons. The molecule has 0 aromatic carbocycles. The molecule has 0 amide bonds.